The van der Waals surface area contributed by atoms with Crippen LogP contribution in [-0.2, 0) is 9.47 Å². The van der Waals surface area contributed by atoms with Crippen LogP contribution in [0.25, 0.3) is 0 Å². The van der Waals surface area contributed by atoms with E-state index in [0.717, 1.165) is 30.7 Å². The SMILES string of the molecule is CS/C(=N\NC(=O)OC(C)C)C1CCC(NC(=O)OC(C)(C)C)CC1. The van der Waals surface area contributed by atoms with Crippen molar-refractivity contribution in [3.63, 3.8) is 0 Å². The maximum absolute atomic E-state index is 11.8. The van der Waals surface area contributed by atoms with Crippen molar-refractivity contribution in [2.45, 2.75) is 78.0 Å². The van der Waals surface area contributed by atoms with Gasteiger partial charge in [0.15, 0.2) is 0 Å². The Bertz CT molecular complexity index is 481. The molecule has 1 fully saturated rings. The fourth-order valence-electron chi connectivity index (χ4n) is 2.60. The number of alkyl carbamates (subject to hydrolysis) is 1. The van der Waals surface area contributed by atoms with E-state index in [1.807, 2.05) is 27.0 Å². The fourth-order valence-corrected chi connectivity index (χ4v) is 3.31. The molecule has 2 N–H and O–H groups in total. The maximum atomic E-state index is 11.8. The van der Waals surface area contributed by atoms with E-state index in [2.05, 4.69) is 15.8 Å². The Morgan fingerprint density at radius 3 is 2.20 bits per heavy atom. The van der Waals surface area contributed by atoms with Crippen molar-refractivity contribution in [1.82, 2.24) is 10.7 Å². The van der Waals surface area contributed by atoms with Gasteiger partial charge in [0.2, 0.25) is 0 Å². The summed E-state index contributed by atoms with van der Waals surface area (Å²) in [5.41, 5.74) is 1.96. The zero-order chi connectivity index (χ0) is 19.0. The van der Waals surface area contributed by atoms with Gasteiger partial charge in [0.05, 0.1) is 11.1 Å². The highest BCUT2D eigenvalue weighted by Crippen LogP contribution is 2.28. The van der Waals surface area contributed by atoms with Gasteiger partial charge in [-0.2, -0.15) is 5.10 Å². The molecule has 0 bridgehead atoms. The van der Waals surface area contributed by atoms with Crippen molar-refractivity contribution in [3.05, 3.63) is 0 Å². The third kappa shape index (κ3) is 9.00. The van der Waals surface area contributed by atoms with Gasteiger partial charge in [0.1, 0.15) is 5.60 Å². The Hall–Kier alpha value is -1.44. The van der Waals surface area contributed by atoms with E-state index in [9.17, 15) is 9.59 Å². The maximum Gasteiger partial charge on any atom is 0.428 e. The number of carbonyl (C=O) groups is 2. The summed E-state index contributed by atoms with van der Waals surface area (Å²) in [5.74, 6) is 0.283. The smallest absolute Gasteiger partial charge is 0.428 e. The van der Waals surface area contributed by atoms with Crippen molar-refractivity contribution < 1.29 is 19.1 Å². The lowest BCUT2D eigenvalue weighted by Gasteiger charge is -2.30. The van der Waals surface area contributed by atoms with E-state index in [0.29, 0.717) is 0 Å². The first-order valence-corrected chi connectivity index (χ1v) is 9.91. The van der Waals surface area contributed by atoms with Crippen LogP contribution in [-0.4, -0.2) is 41.2 Å². The standard InChI is InChI=1S/C17H31N3O4S/c1-11(2)23-16(22)20-19-14(25-6)12-7-9-13(10-8-12)18-15(21)24-17(3,4)5/h11-13H,7-10H2,1-6H3,(H,18,21)(H,20,22)/b19-14-. The number of carbonyl (C=O) groups excluding carboxylic acids is 2. The largest absolute Gasteiger partial charge is 0.446 e. The van der Waals surface area contributed by atoms with Crippen molar-refractivity contribution in [3.8, 4) is 0 Å². The van der Waals surface area contributed by atoms with Gasteiger partial charge in [0, 0.05) is 12.0 Å². The van der Waals surface area contributed by atoms with Crippen LogP contribution in [0.5, 0.6) is 0 Å². The van der Waals surface area contributed by atoms with E-state index in [4.69, 9.17) is 9.47 Å². The summed E-state index contributed by atoms with van der Waals surface area (Å²) in [6.07, 6.45) is 4.39. The van der Waals surface area contributed by atoms with Crippen LogP contribution in [0.15, 0.2) is 5.10 Å². The third-order valence-electron chi connectivity index (χ3n) is 3.61. The van der Waals surface area contributed by atoms with Gasteiger partial charge in [-0.15, -0.1) is 11.8 Å². The van der Waals surface area contributed by atoms with Crippen LogP contribution in [0.2, 0.25) is 0 Å². The molecule has 7 nitrogen and oxygen atoms in total. The Kier molecular flexibility index (Phi) is 8.55. The molecule has 1 aliphatic carbocycles. The van der Waals surface area contributed by atoms with Crippen molar-refractivity contribution in [2.24, 2.45) is 11.0 Å². The first-order chi connectivity index (χ1) is 11.6. The van der Waals surface area contributed by atoms with Crippen molar-refractivity contribution in [2.75, 3.05) is 6.26 Å². The van der Waals surface area contributed by atoms with E-state index in [-0.39, 0.29) is 24.2 Å². The van der Waals surface area contributed by atoms with Crippen LogP contribution in [0, 0.1) is 5.92 Å². The average Bonchev–Trinajstić information content (AvgIpc) is 2.46. The lowest BCUT2D eigenvalue weighted by Crippen LogP contribution is -2.41. The molecule has 0 atom stereocenters. The summed E-state index contributed by atoms with van der Waals surface area (Å²) in [5, 5.41) is 8.01. The Morgan fingerprint density at radius 2 is 1.72 bits per heavy atom. The van der Waals surface area contributed by atoms with Gasteiger partial charge in [-0.1, -0.05) is 0 Å². The number of rotatable bonds is 4. The second kappa shape index (κ2) is 9.89. The molecular formula is C17H31N3O4S. The molecule has 0 aromatic carbocycles. The minimum Gasteiger partial charge on any atom is -0.446 e. The predicted molar refractivity (Wildman–Crippen MR) is 101 cm³/mol. The van der Waals surface area contributed by atoms with E-state index in [1.165, 1.54) is 11.8 Å². The molecule has 0 aromatic heterocycles. The molecule has 25 heavy (non-hydrogen) atoms. The van der Waals surface area contributed by atoms with Gasteiger partial charge in [-0.05, 0) is 66.6 Å². The normalized spacial score (nSPS) is 21.6. The second-order valence-corrected chi connectivity index (χ2v) is 8.24. The third-order valence-corrected chi connectivity index (χ3v) is 4.45. The number of hydrogen-bond donors (Lipinski definition) is 2. The monoisotopic (exact) mass is 373 g/mol. The van der Waals surface area contributed by atoms with Crippen LogP contribution in [0.3, 0.4) is 0 Å². The summed E-state index contributed by atoms with van der Waals surface area (Å²) < 4.78 is 10.3. The lowest BCUT2D eigenvalue weighted by molar-refractivity contribution is 0.0490. The lowest BCUT2D eigenvalue weighted by atomic mass is 9.86. The van der Waals surface area contributed by atoms with Crippen molar-refractivity contribution in [1.29, 1.82) is 0 Å². The molecule has 0 spiro atoms. The van der Waals surface area contributed by atoms with E-state index >= 15 is 0 Å². The van der Waals surface area contributed by atoms with Gasteiger partial charge in [0.25, 0.3) is 0 Å². The molecule has 0 radical (unpaired) electrons. The number of hydrogen-bond acceptors (Lipinski definition) is 6. The highest BCUT2D eigenvalue weighted by molar-refractivity contribution is 8.13. The van der Waals surface area contributed by atoms with Crippen LogP contribution in [0.1, 0.15) is 60.3 Å². The first-order valence-electron chi connectivity index (χ1n) is 8.68. The number of ether oxygens (including phenoxy) is 2. The van der Waals surface area contributed by atoms with Crippen LogP contribution >= 0.6 is 11.8 Å². The quantitative estimate of drug-likeness (QED) is 0.443. The summed E-state index contributed by atoms with van der Waals surface area (Å²) in [7, 11) is 0. The number of hydrazone groups is 1. The molecule has 0 aliphatic heterocycles. The Balaban J connectivity index is 2.45. The van der Waals surface area contributed by atoms with E-state index in [1.54, 1.807) is 13.8 Å². The summed E-state index contributed by atoms with van der Waals surface area (Å²) in [4.78, 5) is 23.4. The summed E-state index contributed by atoms with van der Waals surface area (Å²) in [6, 6.07) is 0.119. The number of amides is 2. The van der Waals surface area contributed by atoms with Crippen LogP contribution in [0.4, 0.5) is 9.59 Å². The molecule has 0 unspecified atom stereocenters. The molecule has 1 rings (SSSR count). The van der Waals surface area contributed by atoms with Crippen LogP contribution < -0.4 is 10.7 Å². The predicted octanol–water partition coefficient (Wildman–Crippen LogP) is 3.88. The average molecular weight is 374 g/mol. The van der Waals surface area contributed by atoms with Crippen molar-refractivity contribution >= 4 is 29.0 Å². The minimum absolute atomic E-state index is 0.119. The van der Waals surface area contributed by atoms with E-state index < -0.39 is 11.7 Å². The summed E-state index contributed by atoms with van der Waals surface area (Å²) >= 11 is 1.53. The Morgan fingerprint density at radius 1 is 1.12 bits per heavy atom. The highest BCUT2D eigenvalue weighted by Gasteiger charge is 2.27. The number of nitrogens with one attached hydrogen (secondary N) is 2. The zero-order valence-corrected chi connectivity index (χ0v) is 16.9. The number of thioether (sulfide) groups is 1. The van der Waals surface area contributed by atoms with Gasteiger partial charge in [-0.3, -0.25) is 0 Å². The van der Waals surface area contributed by atoms with Gasteiger partial charge < -0.3 is 14.8 Å². The molecule has 1 saturated carbocycles. The molecule has 0 saturated heterocycles. The van der Waals surface area contributed by atoms with Gasteiger partial charge in [-0.25, -0.2) is 15.0 Å². The second-order valence-electron chi connectivity index (χ2n) is 7.41. The zero-order valence-electron chi connectivity index (χ0n) is 16.0. The minimum atomic E-state index is -0.540. The topological polar surface area (TPSA) is 89.0 Å². The van der Waals surface area contributed by atoms with Gasteiger partial charge >= 0.3 is 12.2 Å². The highest BCUT2D eigenvalue weighted by atomic mass is 32.2. The fraction of sp³-hybridized carbons (Fsp3) is 0.824. The first kappa shape index (κ1) is 21.6. The molecule has 0 aromatic rings. The molecule has 8 heteroatoms. The molecule has 1 aliphatic rings. The molecule has 144 valence electrons. The molecule has 0 heterocycles. The number of nitrogens with zero attached hydrogens (tertiary/aromatic N) is 1. The molecular weight excluding hydrogens is 342 g/mol. The molecule has 2 amide bonds. The Labute approximate surface area is 154 Å². The summed E-state index contributed by atoms with van der Waals surface area (Å²) in [6.45, 7) is 9.13.